The lowest BCUT2D eigenvalue weighted by molar-refractivity contribution is -0.156. The van der Waals surface area contributed by atoms with Crippen molar-refractivity contribution in [3.8, 4) is 0 Å². The molecular weight excluding hydrogens is 204 g/mol. The average molecular weight is 214 g/mol. The molecule has 3 nitrogen and oxygen atoms in total. The van der Waals surface area contributed by atoms with E-state index in [1.807, 2.05) is 24.3 Å². The SMILES string of the molecule is O=C1CC[C@@]2(O1)C(=O)C=Cc1ccccc12. The highest BCUT2D eigenvalue weighted by Crippen LogP contribution is 2.42. The first kappa shape index (κ1) is 9.33. The van der Waals surface area contributed by atoms with Gasteiger partial charge >= 0.3 is 5.97 Å². The highest BCUT2D eigenvalue weighted by Gasteiger charge is 2.49. The zero-order chi connectivity index (χ0) is 11.2. The minimum absolute atomic E-state index is 0.128. The van der Waals surface area contributed by atoms with Crippen LogP contribution >= 0.6 is 0 Å². The van der Waals surface area contributed by atoms with Crippen LogP contribution in [0.15, 0.2) is 30.3 Å². The van der Waals surface area contributed by atoms with Crippen LogP contribution in [-0.2, 0) is 19.9 Å². The van der Waals surface area contributed by atoms with Gasteiger partial charge in [-0.15, -0.1) is 0 Å². The van der Waals surface area contributed by atoms with Gasteiger partial charge in [-0.2, -0.15) is 0 Å². The molecule has 1 aromatic carbocycles. The zero-order valence-electron chi connectivity index (χ0n) is 8.60. The van der Waals surface area contributed by atoms with Gasteiger partial charge in [-0.3, -0.25) is 9.59 Å². The van der Waals surface area contributed by atoms with Crippen molar-refractivity contribution in [3.63, 3.8) is 0 Å². The largest absolute Gasteiger partial charge is 0.446 e. The van der Waals surface area contributed by atoms with Gasteiger partial charge in [0, 0.05) is 12.0 Å². The molecule has 0 N–H and O–H groups in total. The Labute approximate surface area is 92.7 Å². The van der Waals surface area contributed by atoms with E-state index in [-0.39, 0.29) is 11.8 Å². The van der Waals surface area contributed by atoms with Gasteiger partial charge < -0.3 is 4.74 Å². The first-order valence-corrected chi connectivity index (χ1v) is 5.26. The summed E-state index contributed by atoms with van der Waals surface area (Å²) < 4.78 is 5.29. The molecule has 1 spiro atoms. The van der Waals surface area contributed by atoms with Gasteiger partial charge in [0.05, 0.1) is 6.42 Å². The first-order valence-electron chi connectivity index (χ1n) is 5.26. The Balaban J connectivity index is 2.21. The lowest BCUT2D eigenvalue weighted by atomic mass is 9.80. The third-order valence-corrected chi connectivity index (χ3v) is 3.18. The van der Waals surface area contributed by atoms with Crippen molar-refractivity contribution in [2.24, 2.45) is 0 Å². The maximum atomic E-state index is 12.0. The number of hydrogen-bond acceptors (Lipinski definition) is 3. The third-order valence-electron chi connectivity index (χ3n) is 3.18. The number of ketones is 1. The topological polar surface area (TPSA) is 43.4 Å². The zero-order valence-corrected chi connectivity index (χ0v) is 8.60. The molecule has 1 atom stereocenters. The molecule has 2 aliphatic rings. The van der Waals surface area contributed by atoms with E-state index in [1.165, 1.54) is 6.08 Å². The van der Waals surface area contributed by atoms with Gasteiger partial charge in [0.15, 0.2) is 5.60 Å². The lowest BCUT2D eigenvalue weighted by Crippen LogP contribution is -2.36. The summed E-state index contributed by atoms with van der Waals surface area (Å²) in [5.41, 5.74) is 0.729. The number of fused-ring (bicyclic) bond motifs is 2. The number of esters is 1. The molecule has 1 aliphatic heterocycles. The second kappa shape index (κ2) is 3.04. The van der Waals surface area contributed by atoms with Crippen LogP contribution < -0.4 is 0 Å². The van der Waals surface area contributed by atoms with Gasteiger partial charge in [0.2, 0.25) is 5.78 Å². The fourth-order valence-electron chi connectivity index (χ4n) is 2.38. The Kier molecular flexibility index (Phi) is 1.78. The summed E-state index contributed by atoms with van der Waals surface area (Å²) >= 11 is 0. The van der Waals surface area contributed by atoms with Crippen LogP contribution in [0, 0.1) is 0 Å². The van der Waals surface area contributed by atoms with Crippen molar-refractivity contribution in [1.82, 2.24) is 0 Å². The standard InChI is InChI=1S/C13H10O3/c14-11-6-5-9-3-1-2-4-10(9)13(11)8-7-12(15)16-13/h1-6H,7-8H2/t13-/m0/s1. The average Bonchev–Trinajstić information content (AvgIpc) is 2.68. The molecule has 1 aromatic rings. The molecule has 3 rings (SSSR count). The van der Waals surface area contributed by atoms with Gasteiger partial charge in [-0.05, 0) is 11.6 Å². The molecule has 1 heterocycles. The molecule has 0 aromatic heterocycles. The number of carbonyl (C=O) groups excluding carboxylic acids is 2. The summed E-state index contributed by atoms with van der Waals surface area (Å²) in [6.07, 6.45) is 4.04. The van der Waals surface area contributed by atoms with Crippen molar-refractivity contribution in [3.05, 3.63) is 41.5 Å². The number of carbonyl (C=O) groups is 2. The van der Waals surface area contributed by atoms with Crippen molar-refractivity contribution in [1.29, 1.82) is 0 Å². The lowest BCUT2D eigenvalue weighted by Gasteiger charge is -2.29. The van der Waals surface area contributed by atoms with Gasteiger partial charge in [0.1, 0.15) is 0 Å². The maximum Gasteiger partial charge on any atom is 0.307 e. The van der Waals surface area contributed by atoms with E-state index in [9.17, 15) is 9.59 Å². The Morgan fingerprint density at radius 1 is 1.12 bits per heavy atom. The smallest absolute Gasteiger partial charge is 0.307 e. The van der Waals surface area contributed by atoms with Crippen molar-refractivity contribution >= 4 is 17.8 Å². The van der Waals surface area contributed by atoms with Crippen molar-refractivity contribution in [2.75, 3.05) is 0 Å². The summed E-state index contributed by atoms with van der Waals surface area (Å²) in [5, 5.41) is 0. The maximum absolute atomic E-state index is 12.0. The van der Waals surface area contributed by atoms with Gasteiger partial charge in [-0.1, -0.05) is 30.3 Å². The molecule has 0 radical (unpaired) electrons. The van der Waals surface area contributed by atoms with Crippen LogP contribution in [0.2, 0.25) is 0 Å². The predicted molar refractivity (Wildman–Crippen MR) is 57.5 cm³/mol. The number of hydrogen-bond donors (Lipinski definition) is 0. The molecule has 0 unspecified atom stereocenters. The molecule has 16 heavy (non-hydrogen) atoms. The fraction of sp³-hybridized carbons (Fsp3) is 0.231. The minimum atomic E-state index is -1.04. The van der Waals surface area contributed by atoms with E-state index in [2.05, 4.69) is 0 Å². The summed E-state index contributed by atoms with van der Waals surface area (Å²) in [4.78, 5) is 23.2. The van der Waals surface area contributed by atoms with E-state index in [0.29, 0.717) is 12.8 Å². The van der Waals surface area contributed by atoms with E-state index in [0.717, 1.165) is 11.1 Å². The summed E-state index contributed by atoms with van der Waals surface area (Å²) in [5.74, 6) is -0.421. The van der Waals surface area contributed by atoms with E-state index in [4.69, 9.17) is 4.74 Å². The Bertz CT molecular complexity index is 516. The van der Waals surface area contributed by atoms with Crippen LogP contribution in [0.4, 0.5) is 0 Å². The van der Waals surface area contributed by atoms with E-state index >= 15 is 0 Å². The minimum Gasteiger partial charge on any atom is -0.446 e. The number of rotatable bonds is 0. The highest BCUT2D eigenvalue weighted by molar-refractivity contribution is 6.06. The highest BCUT2D eigenvalue weighted by atomic mass is 16.6. The third kappa shape index (κ3) is 1.08. The summed E-state index contributed by atoms with van der Waals surface area (Å²) in [6, 6.07) is 7.55. The second-order valence-corrected chi connectivity index (χ2v) is 4.09. The number of benzene rings is 1. The predicted octanol–water partition coefficient (Wildman–Crippen LogP) is 1.81. The van der Waals surface area contributed by atoms with Crippen molar-refractivity contribution in [2.45, 2.75) is 18.4 Å². The molecule has 0 bridgehead atoms. The Hall–Kier alpha value is -1.90. The normalized spacial score (nSPS) is 27.0. The molecule has 80 valence electrons. The van der Waals surface area contributed by atoms with Gasteiger partial charge in [-0.25, -0.2) is 0 Å². The molecule has 0 amide bonds. The summed E-state index contributed by atoms with van der Waals surface area (Å²) in [6.45, 7) is 0. The Morgan fingerprint density at radius 2 is 1.94 bits per heavy atom. The van der Waals surface area contributed by atoms with Crippen molar-refractivity contribution < 1.29 is 14.3 Å². The van der Waals surface area contributed by atoms with E-state index < -0.39 is 5.60 Å². The van der Waals surface area contributed by atoms with Crippen LogP contribution in [0.25, 0.3) is 6.08 Å². The molecule has 1 fully saturated rings. The molecule has 1 saturated heterocycles. The number of ether oxygens (including phenoxy) is 1. The first-order chi connectivity index (χ1) is 7.72. The van der Waals surface area contributed by atoms with Crippen LogP contribution in [0.3, 0.4) is 0 Å². The van der Waals surface area contributed by atoms with Crippen LogP contribution in [0.1, 0.15) is 24.0 Å². The summed E-state index contributed by atoms with van der Waals surface area (Å²) in [7, 11) is 0. The van der Waals surface area contributed by atoms with Crippen LogP contribution in [0.5, 0.6) is 0 Å². The molecular formula is C13H10O3. The monoisotopic (exact) mass is 214 g/mol. The quantitative estimate of drug-likeness (QED) is 0.618. The van der Waals surface area contributed by atoms with E-state index in [1.54, 1.807) is 6.08 Å². The van der Waals surface area contributed by atoms with Crippen LogP contribution in [-0.4, -0.2) is 11.8 Å². The Morgan fingerprint density at radius 3 is 2.69 bits per heavy atom. The molecule has 0 saturated carbocycles. The molecule has 1 aliphatic carbocycles. The second-order valence-electron chi connectivity index (χ2n) is 4.09. The fourth-order valence-corrected chi connectivity index (χ4v) is 2.38. The van der Waals surface area contributed by atoms with Gasteiger partial charge in [0.25, 0.3) is 0 Å². The molecule has 3 heteroatoms.